The van der Waals surface area contributed by atoms with Gasteiger partial charge in [0.15, 0.2) is 0 Å². The fourth-order valence-electron chi connectivity index (χ4n) is 3.16. The van der Waals surface area contributed by atoms with Crippen LogP contribution in [0.5, 0.6) is 0 Å². The maximum atomic E-state index is 11.8. The van der Waals surface area contributed by atoms with Crippen molar-refractivity contribution in [1.29, 1.82) is 0 Å². The molecule has 2 heterocycles. The summed E-state index contributed by atoms with van der Waals surface area (Å²) in [6.07, 6.45) is 13.4. The molecule has 8 heteroatoms. The van der Waals surface area contributed by atoms with Gasteiger partial charge in [0.1, 0.15) is 16.5 Å². The van der Waals surface area contributed by atoms with E-state index in [4.69, 9.17) is 24.2 Å². The molecule has 3 atom stereocenters. The Morgan fingerprint density at radius 1 is 1.03 bits per heavy atom. The SMILES string of the molecule is CCOC(=O)/C=C(/OC)[C@H](C)[C@H](/C=C/c1csc(-c2csc([C@H](C)/C=C/C=C/C(C)C)n2)n1)OC. The summed E-state index contributed by atoms with van der Waals surface area (Å²) in [6.45, 7) is 10.5. The lowest BCUT2D eigenvalue weighted by Crippen LogP contribution is -2.21. The smallest absolute Gasteiger partial charge is 0.334 e. The van der Waals surface area contributed by atoms with Gasteiger partial charge >= 0.3 is 5.97 Å². The van der Waals surface area contributed by atoms with Gasteiger partial charge < -0.3 is 14.2 Å². The largest absolute Gasteiger partial charge is 0.500 e. The number of aromatic nitrogens is 2. The van der Waals surface area contributed by atoms with E-state index in [2.05, 4.69) is 50.5 Å². The summed E-state index contributed by atoms with van der Waals surface area (Å²) in [7, 11) is 3.16. The van der Waals surface area contributed by atoms with E-state index < -0.39 is 5.97 Å². The van der Waals surface area contributed by atoms with Crippen molar-refractivity contribution in [3.05, 3.63) is 63.7 Å². The van der Waals surface area contributed by atoms with E-state index in [-0.39, 0.29) is 17.9 Å². The molecule has 2 aromatic heterocycles. The third-order valence-electron chi connectivity index (χ3n) is 5.11. The van der Waals surface area contributed by atoms with E-state index in [1.54, 1.807) is 36.7 Å². The second-order valence-corrected chi connectivity index (χ2v) is 10.0. The van der Waals surface area contributed by atoms with Gasteiger partial charge in [0.05, 0.1) is 36.6 Å². The van der Waals surface area contributed by atoms with E-state index >= 15 is 0 Å². The highest BCUT2D eigenvalue weighted by Crippen LogP contribution is 2.30. The van der Waals surface area contributed by atoms with Gasteiger partial charge in [-0.25, -0.2) is 14.8 Å². The number of hydrogen-bond acceptors (Lipinski definition) is 8. The number of nitrogens with zero attached hydrogens (tertiary/aromatic N) is 2. The zero-order chi connectivity index (χ0) is 25.8. The normalized spacial score (nSPS) is 15.4. The predicted molar refractivity (Wildman–Crippen MR) is 145 cm³/mol. The molecule has 0 saturated heterocycles. The van der Waals surface area contributed by atoms with Crippen LogP contribution in [0.15, 0.2) is 53.0 Å². The second-order valence-electron chi connectivity index (χ2n) is 8.30. The molecule has 0 spiro atoms. The predicted octanol–water partition coefficient (Wildman–Crippen LogP) is 6.90. The topological polar surface area (TPSA) is 70.5 Å². The van der Waals surface area contributed by atoms with E-state index in [0.717, 1.165) is 21.4 Å². The summed E-state index contributed by atoms with van der Waals surface area (Å²) < 4.78 is 16.0. The van der Waals surface area contributed by atoms with Crippen LogP contribution < -0.4 is 0 Å². The van der Waals surface area contributed by atoms with Gasteiger partial charge in [0.2, 0.25) is 0 Å². The number of allylic oxidation sites excluding steroid dienone is 4. The molecule has 6 nitrogen and oxygen atoms in total. The highest BCUT2D eigenvalue weighted by Gasteiger charge is 2.21. The Bertz CT molecular complexity index is 1050. The van der Waals surface area contributed by atoms with Crippen LogP contribution >= 0.6 is 22.7 Å². The first-order valence-corrected chi connectivity index (χ1v) is 13.4. The van der Waals surface area contributed by atoms with Gasteiger partial charge in [0.25, 0.3) is 0 Å². The zero-order valence-corrected chi connectivity index (χ0v) is 23.2. The van der Waals surface area contributed by atoms with E-state index in [1.807, 2.05) is 24.5 Å². The van der Waals surface area contributed by atoms with E-state index in [0.29, 0.717) is 18.3 Å². The summed E-state index contributed by atoms with van der Waals surface area (Å²) in [5, 5.41) is 6.00. The fourth-order valence-corrected chi connectivity index (χ4v) is 4.82. The Morgan fingerprint density at radius 3 is 2.43 bits per heavy atom. The van der Waals surface area contributed by atoms with Crippen LogP contribution in [-0.4, -0.2) is 42.9 Å². The Kier molecular flexibility index (Phi) is 12.1. The van der Waals surface area contributed by atoms with Crippen LogP contribution in [0, 0.1) is 11.8 Å². The summed E-state index contributed by atoms with van der Waals surface area (Å²) >= 11 is 3.21. The van der Waals surface area contributed by atoms with Gasteiger partial charge in [-0.15, -0.1) is 22.7 Å². The van der Waals surface area contributed by atoms with E-state index in [9.17, 15) is 4.79 Å². The highest BCUT2D eigenvalue weighted by atomic mass is 32.1. The van der Waals surface area contributed by atoms with Crippen molar-refractivity contribution in [2.75, 3.05) is 20.8 Å². The summed E-state index contributed by atoms with van der Waals surface area (Å²) in [6, 6.07) is 0. The summed E-state index contributed by atoms with van der Waals surface area (Å²) in [5.74, 6) is 0.664. The maximum absolute atomic E-state index is 11.8. The van der Waals surface area contributed by atoms with Gasteiger partial charge in [-0.3, -0.25) is 0 Å². The van der Waals surface area contributed by atoms with E-state index in [1.165, 1.54) is 13.2 Å². The Morgan fingerprint density at radius 2 is 1.77 bits per heavy atom. The number of rotatable bonds is 13. The van der Waals surface area contributed by atoms with Gasteiger partial charge in [0, 0.05) is 29.7 Å². The molecule has 0 saturated carbocycles. The Hall–Kier alpha value is -2.55. The number of methoxy groups -OCH3 is 2. The molecule has 0 unspecified atom stereocenters. The molecule has 0 radical (unpaired) electrons. The average molecular weight is 517 g/mol. The number of carbonyl (C=O) groups is 1. The second kappa shape index (κ2) is 14.8. The number of thiazole rings is 2. The van der Waals surface area contributed by atoms with Crippen LogP contribution in [0.1, 0.15) is 51.2 Å². The third-order valence-corrected chi connectivity index (χ3v) is 7.04. The molecule has 0 aliphatic rings. The first kappa shape index (κ1) is 28.7. The first-order valence-electron chi connectivity index (χ1n) is 11.7. The molecule has 2 rings (SSSR count). The quantitative estimate of drug-likeness (QED) is 0.125. The Labute approximate surface area is 217 Å². The molecule has 190 valence electrons. The number of hydrogen-bond donors (Lipinski definition) is 0. The molecule has 35 heavy (non-hydrogen) atoms. The average Bonchev–Trinajstić information content (AvgIpc) is 3.50. The zero-order valence-electron chi connectivity index (χ0n) is 21.6. The van der Waals surface area contributed by atoms with Gasteiger partial charge in [-0.1, -0.05) is 58.1 Å². The van der Waals surface area contributed by atoms with Crippen LogP contribution in [0.2, 0.25) is 0 Å². The molecule has 0 fully saturated rings. The van der Waals surface area contributed by atoms with Crippen molar-refractivity contribution in [3.63, 3.8) is 0 Å². The van der Waals surface area contributed by atoms with Crippen LogP contribution in [-0.2, 0) is 19.0 Å². The van der Waals surface area contributed by atoms with Crippen LogP contribution in [0.4, 0.5) is 0 Å². The number of esters is 1. The molecule has 0 aliphatic carbocycles. The first-order chi connectivity index (χ1) is 16.8. The molecule has 0 amide bonds. The lowest BCUT2D eigenvalue weighted by molar-refractivity contribution is -0.137. The fraction of sp³-hybridized carbons (Fsp3) is 0.444. The molecular weight excluding hydrogens is 480 g/mol. The summed E-state index contributed by atoms with van der Waals surface area (Å²) in [4.78, 5) is 21.3. The molecule has 0 N–H and O–H groups in total. The lowest BCUT2D eigenvalue weighted by Gasteiger charge is -2.21. The Balaban J connectivity index is 2.08. The highest BCUT2D eigenvalue weighted by molar-refractivity contribution is 7.14. The van der Waals surface area contributed by atoms with Crippen molar-refractivity contribution >= 4 is 34.7 Å². The standard InChI is InChI=1S/C27H36N2O4S2/c1-8-33-25(30)15-24(32-7)20(5)23(31-6)14-13-21-16-34-27(28-21)22-17-35-26(29-22)19(4)12-10-9-11-18(2)3/h9-20,23H,8H2,1-7H3/b11-9+,12-10+,14-13+,24-15+/t19-,20-,23+/m1/s1. The van der Waals surface area contributed by atoms with Crippen LogP contribution in [0.25, 0.3) is 16.8 Å². The minimum atomic E-state index is -0.432. The molecule has 2 aromatic rings. The van der Waals surface area contributed by atoms with Crippen molar-refractivity contribution < 1.29 is 19.0 Å². The van der Waals surface area contributed by atoms with Crippen molar-refractivity contribution in [2.24, 2.45) is 11.8 Å². The number of ether oxygens (including phenoxy) is 3. The minimum absolute atomic E-state index is 0.185. The molecule has 0 bridgehead atoms. The monoisotopic (exact) mass is 516 g/mol. The van der Waals surface area contributed by atoms with Crippen molar-refractivity contribution in [2.45, 2.75) is 46.6 Å². The van der Waals surface area contributed by atoms with Crippen LogP contribution in [0.3, 0.4) is 0 Å². The van der Waals surface area contributed by atoms with Crippen molar-refractivity contribution in [1.82, 2.24) is 9.97 Å². The maximum Gasteiger partial charge on any atom is 0.334 e. The molecular formula is C27H36N2O4S2. The third kappa shape index (κ3) is 9.20. The summed E-state index contributed by atoms with van der Waals surface area (Å²) in [5.41, 5.74) is 1.72. The lowest BCUT2D eigenvalue weighted by atomic mass is 10.0. The van der Waals surface area contributed by atoms with Crippen molar-refractivity contribution in [3.8, 4) is 10.7 Å². The van der Waals surface area contributed by atoms with Gasteiger partial charge in [-0.2, -0.15) is 0 Å². The number of carbonyl (C=O) groups excluding carboxylic acids is 1. The minimum Gasteiger partial charge on any atom is -0.500 e. The molecule has 0 aromatic carbocycles. The van der Waals surface area contributed by atoms with Gasteiger partial charge in [-0.05, 0) is 18.9 Å². The molecule has 0 aliphatic heterocycles.